The van der Waals surface area contributed by atoms with Gasteiger partial charge in [-0.15, -0.1) is 0 Å². The van der Waals surface area contributed by atoms with Gasteiger partial charge in [-0.2, -0.15) is 0 Å². The summed E-state index contributed by atoms with van der Waals surface area (Å²) < 4.78 is 2.26. The van der Waals surface area contributed by atoms with Crippen LogP contribution < -0.4 is 5.32 Å². The van der Waals surface area contributed by atoms with E-state index in [0.717, 1.165) is 25.0 Å². The number of nitrogens with zero attached hydrogens (tertiary/aromatic N) is 2. The molecule has 1 saturated carbocycles. The van der Waals surface area contributed by atoms with Crippen molar-refractivity contribution in [3.8, 4) is 11.4 Å². The Labute approximate surface area is 114 Å². The van der Waals surface area contributed by atoms with Crippen molar-refractivity contribution in [3.05, 3.63) is 42.7 Å². The lowest BCUT2D eigenvalue weighted by molar-refractivity contribution is 0.446. The number of imidazole rings is 1. The number of hydrogen-bond acceptors (Lipinski definition) is 2. The van der Waals surface area contributed by atoms with Crippen molar-refractivity contribution in [1.29, 1.82) is 0 Å². The number of rotatable bonds is 6. The van der Waals surface area contributed by atoms with Crippen LogP contribution in [0.2, 0.25) is 0 Å². The molecule has 3 heteroatoms. The SMILES string of the molecule is CC(CNC1CC1)Cn1ccnc1-c1ccccc1. The Balaban J connectivity index is 1.66. The first-order valence-corrected chi connectivity index (χ1v) is 7.13. The maximum absolute atomic E-state index is 4.49. The molecule has 0 spiro atoms. The summed E-state index contributed by atoms with van der Waals surface area (Å²) >= 11 is 0. The van der Waals surface area contributed by atoms with Gasteiger partial charge in [-0.05, 0) is 25.3 Å². The summed E-state index contributed by atoms with van der Waals surface area (Å²) in [5.41, 5.74) is 1.19. The molecule has 1 aromatic carbocycles. The van der Waals surface area contributed by atoms with E-state index in [2.05, 4.69) is 52.3 Å². The molecule has 1 heterocycles. The molecule has 0 bridgehead atoms. The number of nitrogens with one attached hydrogen (secondary N) is 1. The Hall–Kier alpha value is -1.61. The largest absolute Gasteiger partial charge is 0.331 e. The quantitative estimate of drug-likeness (QED) is 0.860. The van der Waals surface area contributed by atoms with Crippen LogP contribution in [0.15, 0.2) is 42.7 Å². The lowest BCUT2D eigenvalue weighted by Gasteiger charge is -2.15. The zero-order valence-corrected chi connectivity index (χ0v) is 11.4. The number of benzene rings is 1. The fraction of sp³-hybridized carbons (Fsp3) is 0.438. The molecule has 1 atom stereocenters. The maximum Gasteiger partial charge on any atom is 0.139 e. The summed E-state index contributed by atoms with van der Waals surface area (Å²) in [6.07, 6.45) is 6.68. The molecule has 100 valence electrons. The van der Waals surface area contributed by atoms with Gasteiger partial charge in [0.25, 0.3) is 0 Å². The molecular formula is C16H21N3. The van der Waals surface area contributed by atoms with Gasteiger partial charge in [0, 0.05) is 30.5 Å². The van der Waals surface area contributed by atoms with E-state index in [1.165, 1.54) is 18.4 Å². The molecule has 0 radical (unpaired) electrons. The van der Waals surface area contributed by atoms with Gasteiger partial charge in [0.1, 0.15) is 5.82 Å². The van der Waals surface area contributed by atoms with Crippen molar-refractivity contribution in [2.24, 2.45) is 5.92 Å². The maximum atomic E-state index is 4.49. The Bertz CT molecular complexity index is 514. The van der Waals surface area contributed by atoms with Crippen LogP contribution in [0.5, 0.6) is 0 Å². The molecule has 1 aliphatic carbocycles. The lowest BCUT2D eigenvalue weighted by Crippen LogP contribution is -2.25. The molecule has 1 unspecified atom stereocenters. The minimum atomic E-state index is 0.622. The molecule has 0 amide bonds. The van der Waals surface area contributed by atoms with Crippen LogP contribution in [-0.2, 0) is 6.54 Å². The van der Waals surface area contributed by atoms with Crippen molar-refractivity contribution in [2.75, 3.05) is 6.54 Å². The molecule has 0 saturated heterocycles. The van der Waals surface area contributed by atoms with Gasteiger partial charge < -0.3 is 9.88 Å². The van der Waals surface area contributed by atoms with Crippen molar-refractivity contribution in [2.45, 2.75) is 32.4 Å². The smallest absolute Gasteiger partial charge is 0.139 e. The molecule has 1 aromatic heterocycles. The molecule has 2 aromatic rings. The molecule has 19 heavy (non-hydrogen) atoms. The summed E-state index contributed by atoms with van der Waals surface area (Å²) in [7, 11) is 0. The molecule has 3 nitrogen and oxygen atoms in total. The summed E-state index contributed by atoms with van der Waals surface area (Å²) in [4.78, 5) is 4.49. The fourth-order valence-corrected chi connectivity index (χ4v) is 2.36. The Morgan fingerprint density at radius 3 is 2.84 bits per heavy atom. The topological polar surface area (TPSA) is 29.9 Å². The summed E-state index contributed by atoms with van der Waals surface area (Å²) in [5, 5.41) is 3.59. The minimum absolute atomic E-state index is 0.622. The van der Waals surface area contributed by atoms with Gasteiger partial charge in [0.15, 0.2) is 0 Å². The highest BCUT2D eigenvalue weighted by Gasteiger charge is 2.21. The third-order valence-corrected chi connectivity index (χ3v) is 3.59. The van der Waals surface area contributed by atoms with Crippen LogP contribution in [0.4, 0.5) is 0 Å². The van der Waals surface area contributed by atoms with Crippen LogP contribution in [0.1, 0.15) is 19.8 Å². The molecule has 1 N–H and O–H groups in total. The predicted octanol–water partition coefficient (Wildman–Crippen LogP) is 2.94. The van der Waals surface area contributed by atoms with E-state index in [0.29, 0.717) is 5.92 Å². The minimum Gasteiger partial charge on any atom is -0.331 e. The fourth-order valence-electron chi connectivity index (χ4n) is 2.36. The summed E-state index contributed by atoms with van der Waals surface area (Å²) in [5.74, 6) is 1.69. The predicted molar refractivity (Wildman–Crippen MR) is 77.9 cm³/mol. The molecule has 1 aliphatic rings. The van der Waals surface area contributed by atoms with Crippen LogP contribution in [0, 0.1) is 5.92 Å². The van der Waals surface area contributed by atoms with E-state index in [1.807, 2.05) is 12.3 Å². The molecule has 3 rings (SSSR count). The molecule has 0 aliphatic heterocycles. The van der Waals surface area contributed by atoms with Gasteiger partial charge in [0.2, 0.25) is 0 Å². The Morgan fingerprint density at radius 1 is 1.32 bits per heavy atom. The van der Waals surface area contributed by atoms with E-state index in [-0.39, 0.29) is 0 Å². The first-order valence-electron chi connectivity index (χ1n) is 7.13. The Morgan fingerprint density at radius 2 is 2.11 bits per heavy atom. The number of hydrogen-bond donors (Lipinski definition) is 1. The van der Waals surface area contributed by atoms with Gasteiger partial charge >= 0.3 is 0 Å². The van der Waals surface area contributed by atoms with E-state index in [9.17, 15) is 0 Å². The molecular weight excluding hydrogens is 234 g/mol. The Kier molecular flexibility index (Phi) is 3.65. The van der Waals surface area contributed by atoms with E-state index >= 15 is 0 Å². The van der Waals surface area contributed by atoms with Gasteiger partial charge in [0.05, 0.1) is 0 Å². The van der Waals surface area contributed by atoms with Gasteiger partial charge in [-0.3, -0.25) is 0 Å². The second-order valence-electron chi connectivity index (χ2n) is 5.56. The third-order valence-electron chi connectivity index (χ3n) is 3.59. The normalized spacial score (nSPS) is 16.5. The zero-order valence-electron chi connectivity index (χ0n) is 11.4. The average Bonchev–Trinajstić information content (AvgIpc) is 3.16. The van der Waals surface area contributed by atoms with E-state index < -0.39 is 0 Å². The first kappa shape index (κ1) is 12.4. The average molecular weight is 255 g/mol. The van der Waals surface area contributed by atoms with Crippen molar-refractivity contribution in [1.82, 2.24) is 14.9 Å². The number of aromatic nitrogens is 2. The standard InChI is InChI=1S/C16H21N3/c1-13(11-18-15-7-8-15)12-19-10-9-17-16(19)14-5-3-2-4-6-14/h2-6,9-10,13,15,18H,7-8,11-12H2,1H3. The van der Waals surface area contributed by atoms with Crippen LogP contribution in [0.25, 0.3) is 11.4 Å². The first-order chi connectivity index (χ1) is 9.33. The summed E-state index contributed by atoms with van der Waals surface area (Å²) in [6, 6.07) is 11.2. The lowest BCUT2D eigenvalue weighted by atomic mass is 10.1. The highest BCUT2D eigenvalue weighted by molar-refractivity contribution is 5.55. The third kappa shape index (κ3) is 3.24. The second-order valence-corrected chi connectivity index (χ2v) is 5.56. The van der Waals surface area contributed by atoms with Crippen LogP contribution >= 0.6 is 0 Å². The summed E-state index contributed by atoms with van der Waals surface area (Å²) in [6.45, 7) is 4.41. The van der Waals surface area contributed by atoms with E-state index in [1.54, 1.807) is 0 Å². The monoisotopic (exact) mass is 255 g/mol. The second kappa shape index (κ2) is 5.57. The highest BCUT2D eigenvalue weighted by Crippen LogP contribution is 2.20. The van der Waals surface area contributed by atoms with Crippen LogP contribution in [0.3, 0.4) is 0 Å². The van der Waals surface area contributed by atoms with E-state index in [4.69, 9.17) is 0 Å². The van der Waals surface area contributed by atoms with Gasteiger partial charge in [-0.25, -0.2) is 4.98 Å². The van der Waals surface area contributed by atoms with Crippen molar-refractivity contribution in [3.63, 3.8) is 0 Å². The van der Waals surface area contributed by atoms with Gasteiger partial charge in [-0.1, -0.05) is 37.3 Å². The van der Waals surface area contributed by atoms with Crippen molar-refractivity contribution < 1.29 is 0 Å². The van der Waals surface area contributed by atoms with Crippen LogP contribution in [-0.4, -0.2) is 22.1 Å². The van der Waals surface area contributed by atoms with Crippen molar-refractivity contribution >= 4 is 0 Å². The highest BCUT2D eigenvalue weighted by atomic mass is 15.1. The molecule has 1 fully saturated rings. The zero-order chi connectivity index (χ0) is 13.1.